The lowest BCUT2D eigenvalue weighted by Crippen LogP contribution is -2.27. The van der Waals surface area contributed by atoms with E-state index in [9.17, 15) is 13.5 Å². The van der Waals surface area contributed by atoms with Crippen molar-refractivity contribution in [2.45, 2.75) is 28.6 Å². The van der Waals surface area contributed by atoms with Gasteiger partial charge in [-0.2, -0.15) is 0 Å². The Kier molecular flexibility index (Phi) is 3.03. The molecule has 2 aliphatic rings. The zero-order valence-electron chi connectivity index (χ0n) is 10.4. The van der Waals surface area contributed by atoms with Gasteiger partial charge in [0.2, 0.25) is 0 Å². The molecule has 2 fully saturated rings. The van der Waals surface area contributed by atoms with Gasteiger partial charge in [0, 0.05) is 0 Å². The third-order valence-corrected chi connectivity index (χ3v) is 6.17. The van der Waals surface area contributed by atoms with Crippen LogP contribution in [0.5, 0.6) is 5.75 Å². The second-order valence-electron chi connectivity index (χ2n) is 5.09. The maximum atomic E-state index is 12.4. The van der Waals surface area contributed by atoms with Crippen LogP contribution in [0.3, 0.4) is 0 Å². The maximum absolute atomic E-state index is 12.4. The summed E-state index contributed by atoms with van der Waals surface area (Å²) in [4.78, 5) is 0.216. The van der Waals surface area contributed by atoms with Crippen molar-refractivity contribution in [1.29, 1.82) is 0 Å². The molecule has 3 rings (SSSR count). The first kappa shape index (κ1) is 12.9. The molecule has 1 aromatic rings. The average molecular weight is 284 g/mol. The lowest BCUT2D eigenvalue weighted by Gasteiger charge is -2.14. The first-order valence-electron chi connectivity index (χ1n) is 6.27. The van der Waals surface area contributed by atoms with E-state index in [0.29, 0.717) is 31.8 Å². The van der Waals surface area contributed by atoms with Crippen LogP contribution in [0.4, 0.5) is 0 Å². The first-order valence-corrected chi connectivity index (χ1v) is 7.76. The van der Waals surface area contributed by atoms with Crippen molar-refractivity contribution in [3.05, 3.63) is 24.3 Å². The van der Waals surface area contributed by atoms with E-state index in [2.05, 4.69) is 0 Å². The van der Waals surface area contributed by atoms with Crippen molar-refractivity contribution in [1.82, 2.24) is 0 Å². The minimum Gasteiger partial charge on any atom is -0.491 e. The molecule has 1 aliphatic carbocycles. The molecule has 1 saturated heterocycles. The summed E-state index contributed by atoms with van der Waals surface area (Å²) in [7, 11) is -3.48. The number of epoxide rings is 1. The molecule has 0 unspecified atom stereocenters. The highest BCUT2D eigenvalue weighted by molar-refractivity contribution is 7.93. The summed E-state index contributed by atoms with van der Waals surface area (Å²) in [5, 5.41) is 9.28. The van der Waals surface area contributed by atoms with E-state index in [1.54, 1.807) is 18.2 Å². The van der Waals surface area contributed by atoms with E-state index < -0.39 is 14.6 Å². The highest BCUT2D eigenvalue weighted by atomic mass is 32.2. The second-order valence-corrected chi connectivity index (χ2v) is 7.43. The molecule has 19 heavy (non-hydrogen) atoms. The molecule has 1 atom stereocenters. The number of rotatable bonds is 6. The molecule has 0 aromatic heterocycles. The van der Waals surface area contributed by atoms with Crippen molar-refractivity contribution in [2.24, 2.45) is 0 Å². The van der Waals surface area contributed by atoms with Gasteiger partial charge in [-0.15, -0.1) is 0 Å². The fourth-order valence-electron chi connectivity index (χ4n) is 1.99. The largest absolute Gasteiger partial charge is 0.491 e. The van der Waals surface area contributed by atoms with Crippen molar-refractivity contribution in [3.8, 4) is 5.75 Å². The summed E-state index contributed by atoms with van der Waals surface area (Å²) in [5.74, 6) is 0.519. The lowest BCUT2D eigenvalue weighted by molar-refractivity contribution is 0.262. The van der Waals surface area contributed by atoms with Gasteiger partial charge in [-0.25, -0.2) is 8.42 Å². The first-order chi connectivity index (χ1) is 9.07. The van der Waals surface area contributed by atoms with Gasteiger partial charge in [0.15, 0.2) is 9.84 Å². The monoisotopic (exact) mass is 284 g/mol. The number of aliphatic hydroxyl groups excluding tert-OH is 1. The predicted octanol–water partition coefficient (Wildman–Crippen LogP) is 0.763. The van der Waals surface area contributed by atoms with Crippen LogP contribution in [-0.2, 0) is 14.6 Å². The molecule has 6 heteroatoms. The Labute approximate surface area is 112 Å². The van der Waals surface area contributed by atoms with E-state index in [1.165, 1.54) is 6.07 Å². The van der Waals surface area contributed by atoms with Gasteiger partial charge in [0.25, 0.3) is 0 Å². The van der Waals surface area contributed by atoms with Gasteiger partial charge in [-0.05, 0) is 31.0 Å². The molecule has 0 radical (unpaired) electrons. The minimum absolute atomic E-state index is 0.132. The molecule has 0 spiro atoms. The SMILES string of the molecule is O=S(=O)(c1cccc(OC[C@H]2CO2)c1)C1(CO)CC1. The second kappa shape index (κ2) is 4.47. The summed E-state index contributed by atoms with van der Waals surface area (Å²) in [6, 6.07) is 6.45. The molecule has 1 N–H and O–H groups in total. The fraction of sp³-hybridized carbons (Fsp3) is 0.538. The van der Waals surface area contributed by atoms with Gasteiger partial charge >= 0.3 is 0 Å². The Morgan fingerprint density at radius 2 is 2.16 bits per heavy atom. The highest BCUT2D eigenvalue weighted by Crippen LogP contribution is 2.46. The number of sulfone groups is 1. The molecular weight excluding hydrogens is 268 g/mol. The number of hydrogen-bond acceptors (Lipinski definition) is 5. The molecule has 104 valence electrons. The van der Waals surface area contributed by atoms with Crippen molar-refractivity contribution < 1.29 is 23.0 Å². The molecule has 5 nitrogen and oxygen atoms in total. The molecule has 1 saturated carbocycles. The van der Waals surface area contributed by atoms with Crippen LogP contribution in [0.1, 0.15) is 12.8 Å². The van der Waals surface area contributed by atoms with Crippen LogP contribution in [0.2, 0.25) is 0 Å². The quantitative estimate of drug-likeness (QED) is 0.781. The highest BCUT2D eigenvalue weighted by Gasteiger charge is 2.54. The molecule has 1 heterocycles. The van der Waals surface area contributed by atoms with Gasteiger partial charge in [0.1, 0.15) is 18.5 Å². The van der Waals surface area contributed by atoms with Gasteiger partial charge < -0.3 is 14.6 Å². The molecule has 1 aliphatic heterocycles. The number of aliphatic hydroxyl groups is 1. The van der Waals surface area contributed by atoms with E-state index in [-0.39, 0.29) is 17.6 Å². The standard InChI is InChI=1S/C13H16O5S/c14-9-13(4-5-13)19(15,16)12-3-1-2-10(6-12)17-7-11-8-18-11/h1-3,6,11,14H,4-5,7-9H2/t11-/m0/s1. The Hall–Kier alpha value is -1.11. The Morgan fingerprint density at radius 3 is 2.74 bits per heavy atom. The summed E-state index contributed by atoms with van der Waals surface area (Å²) < 4.78 is 34.4. The maximum Gasteiger partial charge on any atom is 0.186 e. The minimum atomic E-state index is -3.48. The molecule has 1 aromatic carbocycles. The van der Waals surface area contributed by atoms with Gasteiger partial charge in [-0.3, -0.25) is 0 Å². The van der Waals surface area contributed by atoms with E-state index in [4.69, 9.17) is 9.47 Å². The summed E-state index contributed by atoms with van der Waals surface area (Å²) >= 11 is 0. The van der Waals surface area contributed by atoms with Crippen LogP contribution < -0.4 is 4.74 Å². The smallest absolute Gasteiger partial charge is 0.186 e. The summed E-state index contributed by atoms with van der Waals surface area (Å²) in [6.45, 7) is 0.816. The van der Waals surface area contributed by atoms with Crippen LogP contribution in [0.25, 0.3) is 0 Å². The number of benzene rings is 1. The summed E-state index contributed by atoms with van der Waals surface area (Å²) in [5.41, 5.74) is 0. The Morgan fingerprint density at radius 1 is 1.42 bits per heavy atom. The number of ether oxygens (including phenoxy) is 2. The normalized spacial score (nSPS) is 23.9. The molecular formula is C13H16O5S. The van der Waals surface area contributed by atoms with Crippen molar-refractivity contribution in [3.63, 3.8) is 0 Å². The van der Waals surface area contributed by atoms with Crippen molar-refractivity contribution in [2.75, 3.05) is 19.8 Å². The van der Waals surface area contributed by atoms with Crippen LogP contribution in [0.15, 0.2) is 29.2 Å². The zero-order valence-corrected chi connectivity index (χ0v) is 11.2. The predicted molar refractivity (Wildman–Crippen MR) is 67.9 cm³/mol. The van der Waals surface area contributed by atoms with Crippen LogP contribution in [0, 0.1) is 0 Å². The van der Waals surface area contributed by atoms with E-state index in [1.807, 2.05) is 0 Å². The topological polar surface area (TPSA) is 76.1 Å². The third-order valence-electron chi connectivity index (χ3n) is 3.62. The van der Waals surface area contributed by atoms with E-state index in [0.717, 1.165) is 0 Å². The molecule has 0 amide bonds. The van der Waals surface area contributed by atoms with Crippen LogP contribution in [-0.4, -0.2) is 44.2 Å². The fourth-order valence-corrected chi connectivity index (χ4v) is 3.82. The lowest BCUT2D eigenvalue weighted by atomic mass is 10.3. The number of hydrogen-bond donors (Lipinski definition) is 1. The third kappa shape index (κ3) is 2.35. The van der Waals surface area contributed by atoms with Gasteiger partial charge in [-0.1, -0.05) is 6.07 Å². The van der Waals surface area contributed by atoms with Crippen molar-refractivity contribution >= 4 is 9.84 Å². The average Bonchev–Trinajstić information content (AvgIpc) is 3.30. The zero-order chi connectivity index (χ0) is 13.5. The Balaban J connectivity index is 1.82. The Bertz CT molecular complexity index is 572. The summed E-state index contributed by atoms with van der Waals surface area (Å²) in [6.07, 6.45) is 1.17. The molecule has 0 bridgehead atoms. The van der Waals surface area contributed by atoms with E-state index >= 15 is 0 Å². The van der Waals surface area contributed by atoms with Gasteiger partial charge in [0.05, 0.1) is 22.9 Å². The van der Waals surface area contributed by atoms with Crippen LogP contribution >= 0.6 is 0 Å².